The Hall–Kier alpha value is -3.66. The van der Waals surface area contributed by atoms with E-state index in [-0.39, 0.29) is 0 Å². The Bertz CT molecular complexity index is 1690. The highest BCUT2D eigenvalue weighted by atomic mass is 127. The van der Waals surface area contributed by atoms with Crippen molar-refractivity contribution in [3.05, 3.63) is 92.6 Å². The van der Waals surface area contributed by atoms with Gasteiger partial charge in [-0.25, -0.2) is 9.97 Å². The molecule has 0 spiro atoms. The van der Waals surface area contributed by atoms with Gasteiger partial charge in [0.1, 0.15) is 0 Å². The van der Waals surface area contributed by atoms with Crippen LogP contribution < -0.4 is 0 Å². The molecule has 172 valence electrons. The Balaban J connectivity index is 1.68. The molecule has 0 unspecified atom stereocenters. The van der Waals surface area contributed by atoms with Crippen molar-refractivity contribution >= 4 is 69.0 Å². The van der Waals surface area contributed by atoms with Crippen LogP contribution in [0.2, 0.25) is 0 Å². The molecule has 0 aliphatic carbocycles. The van der Waals surface area contributed by atoms with Crippen LogP contribution in [0.5, 0.6) is 0 Å². The van der Waals surface area contributed by atoms with E-state index in [4.69, 9.17) is 4.98 Å². The van der Waals surface area contributed by atoms with Crippen LogP contribution in [-0.4, -0.2) is 19.9 Å². The minimum atomic E-state index is -4.40. The van der Waals surface area contributed by atoms with E-state index in [9.17, 15) is 13.2 Å². The second kappa shape index (κ2) is 8.23. The van der Waals surface area contributed by atoms with E-state index in [0.29, 0.717) is 11.3 Å². The summed E-state index contributed by atoms with van der Waals surface area (Å²) >= 11 is 2.24. The van der Waals surface area contributed by atoms with Crippen LogP contribution in [-0.2, 0) is 6.18 Å². The zero-order chi connectivity index (χ0) is 24.2. The van der Waals surface area contributed by atoms with Gasteiger partial charge in [-0.2, -0.15) is 13.2 Å². The SMILES string of the molecule is FC(F)(F)c1ccc(-c2c3nc(cc4nc(cc5ccc(cc6cc(I)c2[nH]6)[nH]5)C=C4)C=C3)cc1. The molecule has 8 heteroatoms. The molecule has 5 heterocycles. The summed E-state index contributed by atoms with van der Waals surface area (Å²) in [5.41, 5.74) is 7.17. The van der Waals surface area contributed by atoms with Crippen molar-refractivity contribution in [3.8, 4) is 11.1 Å². The van der Waals surface area contributed by atoms with Crippen molar-refractivity contribution in [1.82, 2.24) is 19.9 Å². The normalized spacial score (nSPS) is 12.9. The van der Waals surface area contributed by atoms with Crippen molar-refractivity contribution in [3.63, 3.8) is 0 Å². The average Bonchev–Trinajstić information content (AvgIpc) is 3.60. The highest BCUT2D eigenvalue weighted by Gasteiger charge is 2.30. The highest BCUT2D eigenvalue weighted by Crippen LogP contribution is 2.35. The molecular weight excluding hydrogens is 564 g/mol. The Labute approximate surface area is 211 Å². The number of fused-ring (bicyclic) bond motifs is 8. The van der Waals surface area contributed by atoms with Crippen LogP contribution in [0.25, 0.3) is 57.5 Å². The molecule has 0 radical (unpaired) electrons. The number of benzene rings is 1. The van der Waals surface area contributed by atoms with E-state index in [1.165, 1.54) is 12.1 Å². The zero-order valence-electron chi connectivity index (χ0n) is 18.0. The minimum Gasteiger partial charge on any atom is -0.355 e. The zero-order valence-corrected chi connectivity index (χ0v) is 20.1. The molecule has 2 aliphatic rings. The fourth-order valence-corrected chi connectivity index (χ4v) is 4.92. The summed E-state index contributed by atoms with van der Waals surface area (Å²) in [7, 11) is 0. The van der Waals surface area contributed by atoms with Gasteiger partial charge in [0.2, 0.25) is 0 Å². The van der Waals surface area contributed by atoms with Gasteiger partial charge in [0.05, 0.1) is 33.9 Å². The maximum atomic E-state index is 13.2. The lowest BCUT2D eigenvalue weighted by atomic mass is 10.0. The van der Waals surface area contributed by atoms with Gasteiger partial charge in [-0.3, -0.25) is 0 Å². The number of H-pyrrole nitrogens is 2. The summed E-state index contributed by atoms with van der Waals surface area (Å²) in [5, 5.41) is 0. The fraction of sp³-hybridized carbons (Fsp3) is 0.0370. The number of hydrogen-bond acceptors (Lipinski definition) is 2. The number of nitrogens with one attached hydrogen (secondary N) is 2. The number of halogens is 4. The molecule has 2 N–H and O–H groups in total. The van der Waals surface area contributed by atoms with Crippen molar-refractivity contribution in [2.75, 3.05) is 0 Å². The molecule has 8 bridgehead atoms. The van der Waals surface area contributed by atoms with Gasteiger partial charge >= 0.3 is 6.18 Å². The molecule has 2 aliphatic heterocycles. The van der Waals surface area contributed by atoms with Crippen LogP contribution in [0.15, 0.2) is 60.7 Å². The lowest BCUT2D eigenvalue weighted by Crippen LogP contribution is -2.04. The van der Waals surface area contributed by atoms with Crippen LogP contribution in [0, 0.1) is 3.57 Å². The molecule has 35 heavy (non-hydrogen) atoms. The third kappa shape index (κ3) is 4.29. The Morgan fingerprint density at radius 3 is 2.06 bits per heavy atom. The first kappa shape index (κ1) is 21.8. The molecular formula is C27H16F3IN4. The largest absolute Gasteiger partial charge is 0.416 e. The smallest absolute Gasteiger partial charge is 0.355 e. The van der Waals surface area contributed by atoms with Gasteiger partial charge in [0, 0.05) is 25.7 Å². The number of aromatic amines is 2. The summed E-state index contributed by atoms with van der Waals surface area (Å²) in [6.07, 6.45) is 3.23. The number of hydrogen-bond donors (Lipinski definition) is 2. The fourth-order valence-electron chi connectivity index (χ4n) is 4.18. The predicted octanol–water partition coefficient (Wildman–Crippen LogP) is 7.95. The van der Waals surface area contributed by atoms with E-state index in [1.54, 1.807) is 0 Å². The Morgan fingerprint density at radius 1 is 0.657 bits per heavy atom. The van der Waals surface area contributed by atoms with E-state index in [1.807, 2.05) is 60.7 Å². The van der Waals surface area contributed by atoms with Crippen molar-refractivity contribution in [2.45, 2.75) is 6.18 Å². The molecule has 4 aromatic rings. The van der Waals surface area contributed by atoms with Crippen LogP contribution in [0.4, 0.5) is 13.2 Å². The molecule has 4 nitrogen and oxygen atoms in total. The number of nitrogens with zero attached hydrogens (tertiary/aromatic N) is 2. The third-order valence-corrected chi connectivity index (χ3v) is 6.63. The first-order chi connectivity index (χ1) is 16.8. The molecule has 6 rings (SSSR count). The Morgan fingerprint density at radius 2 is 1.31 bits per heavy atom. The summed E-state index contributed by atoms with van der Waals surface area (Å²) in [6, 6.07) is 17.0. The van der Waals surface area contributed by atoms with Crippen LogP contribution in [0.3, 0.4) is 0 Å². The topological polar surface area (TPSA) is 57.4 Å². The van der Waals surface area contributed by atoms with Gasteiger partial charge in [-0.15, -0.1) is 0 Å². The number of rotatable bonds is 1. The Kier molecular flexibility index (Phi) is 5.14. The molecule has 0 saturated carbocycles. The van der Waals surface area contributed by atoms with Crippen molar-refractivity contribution < 1.29 is 13.2 Å². The standard InChI is InChI=1S/C27H16F3IN4/c28-27(29,30)16-3-1-15(2-4-16)25-24-10-9-21(34-24)12-19-6-5-17(32-19)11-18-7-8-20(33-18)13-22-14-23(31)26(25)35-22/h1-14,33,35H. The van der Waals surface area contributed by atoms with Crippen LogP contribution >= 0.6 is 22.6 Å². The third-order valence-electron chi connectivity index (χ3n) is 5.78. The van der Waals surface area contributed by atoms with E-state index in [2.05, 4.69) is 37.5 Å². The summed E-state index contributed by atoms with van der Waals surface area (Å²) in [4.78, 5) is 16.2. The number of aromatic nitrogens is 4. The number of alkyl halides is 3. The summed E-state index contributed by atoms with van der Waals surface area (Å²) < 4.78 is 40.5. The second-order valence-electron chi connectivity index (χ2n) is 8.25. The molecule has 0 atom stereocenters. The lowest BCUT2D eigenvalue weighted by Gasteiger charge is -2.09. The predicted molar refractivity (Wildman–Crippen MR) is 142 cm³/mol. The quantitative estimate of drug-likeness (QED) is 0.194. The van der Waals surface area contributed by atoms with Gasteiger partial charge in [0.25, 0.3) is 0 Å². The van der Waals surface area contributed by atoms with Crippen LogP contribution in [0.1, 0.15) is 28.3 Å². The van der Waals surface area contributed by atoms with E-state index >= 15 is 0 Å². The van der Waals surface area contributed by atoms with Crippen molar-refractivity contribution in [2.24, 2.45) is 0 Å². The first-order valence-corrected chi connectivity index (χ1v) is 11.8. The van der Waals surface area contributed by atoms with E-state index < -0.39 is 11.7 Å². The minimum absolute atomic E-state index is 0.639. The van der Waals surface area contributed by atoms with Gasteiger partial charge in [0.15, 0.2) is 0 Å². The second-order valence-corrected chi connectivity index (χ2v) is 9.41. The van der Waals surface area contributed by atoms with Gasteiger partial charge in [-0.1, -0.05) is 12.1 Å². The molecule has 3 aromatic heterocycles. The summed E-state index contributed by atoms with van der Waals surface area (Å²) in [6.45, 7) is 0. The summed E-state index contributed by atoms with van der Waals surface area (Å²) in [5.74, 6) is 0. The van der Waals surface area contributed by atoms with Crippen molar-refractivity contribution in [1.29, 1.82) is 0 Å². The maximum absolute atomic E-state index is 13.2. The molecule has 0 saturated heterocycles. The maximum Gasteiger partial charge on any atom is 0.416 e. The van der Waals surface area contributed by atoms with Gasteiger partial charge in [-0.05, 0) is 101 Å². The molecule has 0 amide bonds. The lowest BCUT2D eigenvalue weighted by molar-refractivity contribution is -0.137. The molecule has 0 fully saturated rings. The van der Waals surface area contributed by atoms with Gasteiger partial charge < -0.3 is 9.97 Å². The average molecular weight is 580 g/mol. The highest BCUT2D eigenvalue weighted by molar-refractivity contribution is 14.1. The monoisotopic (exact) mass is 580 g/mol. The van der Waals surface area contributed by atoms with E-state index in [0.717, 1.165) is 60.4 Å². The first-order valence-electron chi connectivity index (χ1n) is 10.8. The molecule has 1 aromatic carbocycles.